The van der Waals surface area contributed by atoms with Gasteiger partial charge in [0.2, 0.25) is 0 Å². The first-order valence-electron chi connectivity index (χ1n) is 5.97. The molecule has 0 aliphatic carbocycles. The SMILES string of the molecule is CN(CCCCCO)Cc1cc(Cl)ccc1N. The number of nitrogens with two attached hydrogens (primary N) is 1. The number of aliphatic hydroxyl groups excluding tert-OH is 1. The fourth-order valence-electron chi connectivity index (χ4n) is 1.75. The van der Waals surface area contributed by atoms with Gasteiger partial charge in [-0.25, -0.2) is 0 Å². The Balaban J connectivity index is 2.39. The van der Waals surface area contributed by atoms with Crippen LogP contribution in [0.4, 0.5) is 5.69 Å². The lowest BCUT2D eigenvalue weighted by atomic mass is 10.1. The van der Waals surface area contributed by atoms with E-state index in [0.29, 0.717) is 0 Å². The van der Waals surface area contributed by atoms with Crippen LogP contribution in [-0.2, 0) is 6.54 Å². The van der Waals surface area contributed by atoms with E-state index in [4.69, 9.17) is 22.4 Å². The highest BCUT2D eigenvalue weighted by Gasteiger charge is 2.04. The summed E-state index contributed by atoms with van der Waals surface area (Å²) in [7, 11) is 2.07. The molecular weight excluding hydrogens is 236 g/mol. The monoisotopic (exact) mass is 256 g/mol. The van der Waals surface area contributed by atoms with Crippen molar-refractivity contribution in [1.82, 2.24) is 4.90 Å². The second-order valence-corrected chi connectivity index (χ2v) is 4.80. The van der Waals surface area contributed by atoms with Crippen molar-refractivity contribution >= 4 is 17.3 Å². The third kappa shape index (κ3) is 5.39. The van der Waals surface area contributed by atoms with Crippen molar-refractivity contribution in [2.45, 2.75) is 25.8 Å². The van der Waals surface area contributed by atoms with E-state index >= 15 is 0 Å². The molecule has 0 saturated carbocycles. The zero-order chi connectivity index (χ0) is 12.7. The van der Waals surface area contributed by atoms with Crippen LogP contribution in [0.15, 0.2) is 18.2 Å². The maximum atomic E-state index is 8.69. The summed E-state index contributed by atoms with van der Waals surface area (Å²) in [5.41, 5.74) is 7.76. The summed E-state index contributed by atoms with van der Waals surface area (Å²) < 4.78 is 0. The third-order valence-electron chi connectivity index (χ3n) is 2.74. The minimum Gasteiger partial charge on any atom is -0.398 e. The van der Waals surface area contributed by atoms with Crippen molar-refractivity contribution in [3.8, 4) is 0 Å². The highest BCUT2D eigenvalue weighted by Crippen LogP contribution is 2.19. The molecule has 1 aromatic rings. The minimum absolute atomic E-state index is 0.283. The summed E-state index contributed by atoms with van der Waals surface area (Å²) in [6.07, 6.45) is 3.04. The van der Waals surface area contributed by atoms with E-state index < -0.39 is 0 Å². The largest absolute Gasteiger partial charge is 0.398 e. The first kappa shape index (κ1) is 14.3. The molecule has 1 aromatic carbocycles. The van der Waals surface area contributed by atoms with Crippen molar-refractivity contribution in [3.05, 3.63) is 28.8 Å². The maximum absolute atomic E-state index is 8.69. The normalized spacial score (nSPS) is 11.1. The lowest BCUT2D eigenvalue weighted by Crippen LogP contribution is -2.19. The quantitative estimate of drug-likeness (QED) is 0.582. The zero-order valence-electron chi connectivity index (χ0n) is 10.3. The van der Waals surface area contributed by atoms with Gasteiger partial charge in [0, 0.05) is 23.9 Å². The molecule has 0 radical (unpaired) electrons. The van der Waals surface area contributed by atoms with Crippen LogP contribution in [-0.4, -0.2) is 30.2 Å². The Morgan fingerprint density at radius 3 is 2.76 bits per heavy atom. The second kappa shape index (κ2) is 7.54. The van der Waals surface area contributed by atoms with Crippen molar-refractivity contribution in [2.24, 2.45) is 0 Å². The minimum atomic E-state index is 0.283. The molecule has 17 heavy (non-hydrogen) atoms. The number of rotatable bonds is 7. The van der Waals surface area contributed by atoms with E-state index in [0.717, 1.165) is 48.6 Å². The number of unbranched alkanes of at least 4 members (excludes halogenated alkanes) is 2. The van der Waals surface area contributed by atoms with E-state index in [2.05, 4.69) is 11.9 Å². The Bertz CT molecular complexity index is 344. The molecule has 0 spiro atoms. The van der Waals surface area contributed by atoms with Gasteiger partial charge in [-0.3, -0.25) is 0 Å². The summed E-state index contributed by atoms with van der Waals surface area (Å²) in [5, 5.41) is 9.41. The molecule has 0 atom stereocenters. The molecule has 0 saturated heterocycles. The fourth-order valence-corrected chi connectivity index (χ4v) is 1.95. The Morgan fingerprint density at radius 1 is 1.29 bits per heavy atom. The highest BCUT2D eigenvalue weighted by atomic mass is 35.5. The van der Waals surface area contributed by atoms with Gasteiger partial charge in [-0.15, -0.1) is 0 Å². The highest BCUT2D eigenvalue weighted by molar-refractivity contribution is 6.30. The average Bonchev–Trinajstić information content (AvgIpc) is 2.29. The van der Waals surface area contributed by atoms with Gasteiger partial charge in [0.25, 0.3) is 0 Å². The molecule has 0 aliphatic rings. The fraction of sp³-hybridized carbons (Fsp3) is 0.538. The van der Waals surface area contributed by atoms with E-state index in [1.807, 2.05) is 18.2 Å². The third-order valence-corrected chi connectivity index (χ3v) is 2.98. The van der Waals surface area contributed by atoms with Crippen LogP contribution in [0.3, 0.4) is 0 Å². The van der Waals surface area contributed by atoms with Gasteiger partial charge in [-0.05, 0) is 56.6 Å². The number of nitrogens with zero attached hydrogens (tertiary/aromatic N) is 1. The van der Waals surface area contributed by atoms with Gasteiger partial charge in [0.15, 0.2) is 0 Å². The van der Waals surface area contributed by atoms with Gasteiger partial charge in [0.05, 0.1) is 0 Å². The maximum Gasteiger partial charge on any atom is 0.0431 e. The molecule has 0 unspecified atom stereocenters. The van der Waals surface area contributed by atoms with Gasteiger partial charge in [-0.1, -0.05) is 11.6 Å². The lowest BCUT2D eigenvalue weighted by Gasteiger charge is -2.17. The Labute approximate surface area is 108 Å². The topological polar surface area (TPSA) is 49.5 Å². The molecule has 3 N–H and O–H groups in total. The van der Waals surface area contributed by atoms with Crippen LogP contribution in [0.5, 0.6) is 0 Å². The number of halogens is 1. The Kier molecular flexibility index (Phi) is 6.34. The summed E-state index contributed by atoms with van der Waals surface area (Å²) in [5.74, 6) is 0. The molecule has 0 amide bonds. The number of hydrogen-bond acceptors (Lipinski definition) is 3. The standard InChI is InChI=1S/C13H21ClN2O/c1-16(7-3-2-4-8-17)10-11-9-12(14)5-6-13(11)15/h5-6,9,17H,2-4,7-8,10,15H2,1H3. The van der Waals surface area contributed by atoms with Crippen LogP contribution in [0.2, 0.25) is 5.02 Å². The number of anilines is 1. The van der Waals surface area contributed by atoms with Crippen LogP contribution in [0, 0.1) is 0 Å². The molecule has 0 heterocycles. The van der Waals surface area contributed by atoms with Crippen LogP contribution < -0.4 is 5.73 Å². The number of aliphatic hydroxyl groups is 1. The number of benzene rings is 1. The van der Waals surface area contributed by atoms with E-state index in [1.54, 1.807) is 0 Å². The first-order valence-corrected chi connectivity index (χ1v) is 6.34. The molecule has 3 nitrogen and oxygen atoms in total. The Hall–Kier alpha value is -0.770. The molecule has 0 aliphatic heterocycles. The molecule has 0 bridgehead atoms. The van der Waals surface area contributed by atoms with Gasteiger partial charge in [-0.2, -0.15) is 0 Å². The van der Waals surface area contributed by atoms with Gasteiger partial charge in [0.1, 0.15) is 0 Å². The molecule has 1 rings (SSSR count). The molecule has 4 heteroatoms. The van der Waals surface area contributed by atoms with Gasteiger partial charge < -0.3 is 15.7 Å². The van der Waals surface area contributed by atoms with E-state index in [9.17, 15) is 0 Å². The van der Waals surface area contributed by atoms with Crippen molar-refractivity contribution in [2.75, 3.05) is 25.9 Å². The zero-order valence-corrected chi connectivity index (χ0v) is 11.1. The molecule has 0 aromatic heterocycles. The summed E-state index contributed by atoms with van der Waals surface area (Å²) >= 11 is 5.94. The second-order valence-electron chi connectivity index (χ2n) is 4.37. The van der Waals surface area contributed by atoms with Crippen LogP contribution in [0.1, 0.15) is 24.8 Å². The van der Waals surface area contributed by atoms with E-state index in [-0.39, 0.29) is 6.61 Å². The predicted molar refractivity (Wildman–Crippen MR) is 73.1 cm³/mol. The van der Waals surface area contributed by atoms with Crippen LogP contribution >= 0.6 is 11.6 Å². The first-order chi connectivity index (χ1) is 8.13. The molecular formula is C13H21ClN2O. The predicted octanol–water partition coefficient (Wildman–Crippen LogP) is 2.52. The Morgan fingerprint density at radius 2 is 2.06 bits per heavy atom. The van der Waals surface area contributed by atoms with Crippen LogP contribution in [0.25, 0.3) is 0 Å². The lowest BCUT2D eigenvalue weighted by molar-refractivity contribution is 0.271. The number of nitrogen functional groups attached to an aromatic ring is 1. The van der Waals surface area contributed by atoms with Gasteiger partial charge >= 0.3 is 0 Å². The van der Waals surface area contributed by atoms with Crippen molar-refractivity contribution < 1.29 is 5.11 Å². The molecule has 96 valence electrons. The smallest absolute Gasteiger partial charge is 0.0431 e. The number of hydrogen-bond donors (Lipinski definition) is 2. The summed E-state index contributed by atoms with van der Waals surface area (Å²) in [6, 6.07) is 5.57. The summed E-state index contributed by atoms with van der Waals surface area (Å²) in [6.45, 7) is 2.10. The van der Waals surface area contributed by atoms with Crippen molar-refractivity contribution in [1.29, 1.82) is 0 Å². The summed E-state index contributed by atoms with van der Waals surface area (Å²) in [4.78, 5) is 2.22. The van der Waals surface area contributed by atoms with E-state index in [1.165, 1.54) is 0 Å². The van der Waals surface area contributed by atoms with Crippen molar-refractivity contribution in [3.63, 3.8) is 0 Å². The molecule has 0 fully saturated rings. The average molecular weight is 257 g/mol.